The molecule has 8 nitrogen and oxygen atoms in total. The molecule has 2 aliphatic rings. The molecule has 2 aromatic heterocycles. The van der Waals surface area contributed by atoms with Crippen molar-refractivity contribution < 1.29 is 9.53 Å². The van der Waals surface area contributed by atoms with Crippen LogP contribution in [0, 0.1) is 6.92 Å². The summed E-state index contributed by atoms with van der Waals surface area (Å²) < 4.78 is 7.82. The Bertz CT molecular complexity index is 1060. The van der Waals surface area contributed by atoms with Crippen molar-refractivity contribution in [3.63, 3.8) is 0 Å². The van der Waals surface area contributed by atoms with E-state index in [1.165, 1.54) is 6.42 Å². The summed E-state index contributed by atoms with van der Waals surface area (Å²) >= 11 is 0. The van der Waals surface area contributed by atoms with Crippen LogP contribution in [-0.2, 0) is 7.05 Å². The molecule has 1 saturated heterocycles. The second-order valence-electron chi connectivity index (χ2n) is 8.12. The number of aryl methyl sites for hydroxylation is 2. The number of carbonyl (C=O) groups excluding carboxylic acids is 1. The van der Waals surface area contributed by atoms with Crippen molar-refractivity contribution in [1.29, 1.82) is 0 Å². The van der Waals surface area contributed by atoms with E-state index in [1.54, 1.807) is 11.0 Å². The molecule has 1 aliphatic carbocycles. The average molecular weight is 406 g/mol. The van der Waals surface area contributed by atoms with Gasteiger partial charge in [0.1, 0.15) is 12.4 Å². The molecule has 1 aliphatic heterocycles. The van der Waals surface area contributed by atoms with Crippen LogP contribution in [0.1, 0.15) is 35.4 Å². The van der Waals surface area contributed by atoms with Gasteiger partial charge in [0.2, 0.25) is 5.88 Å². The highest BCUT2D eigenvalue weighted by molar-refractivity contribution is 5.92. The zero-order valence-electron chi connectivity index (χ0n) is 17.4. The van der Waals surface area contributed by atoms with Gasteiger partial charge >= 0.3 is 0 Å². The average Bonchev–Trinajstić information content (AvgIpc) is 3.08. The first-order valence-electron chi connectivity index (χ1n) is 10.5. The predicted octanol–water partition coefficient (Wildman–Crippen LogP) is 2.57. The lowest BCUT2D eigenvalue weighted by atomic mass is 9.96. The van der Waals surface area contributed by atoms with Crippen molar-refractivity contribution in [2.75, 3.05) is 31.1 Å². The van der Waals surface area contributed by atoms with Crippen LogP contribution in [0.3, 0.4) is 0 Å². The van der Waals surface area contributed by atoms with Crippen LogP contribution >= 0.6 is 0 Å². The number of nitrogens with zero attached hydrogens (tertiary/aromatic N) is 6. The maximum atomic E-state index is 12.8. The molecule has 0 unspecified atom stereocenters. The quantitative estimate of drug-likeness (QED) is 0.663. The van der Waals surface area contributed by atoms with Gasteiger partial charge in [-0.1, -0.05) is 0 Å². The fourth-order valence-corrected chi connectivity index (χ4v) is 3.95. The van der Waals surface area contributed by atoms with Gasteiger partial charge in [0.25, 0.3) is 5.91 Å². The number of fused-ring (bicyclic) bond motifs is 1. The minimum atomic E-state index is 0.00134. The number of anilines is 1. The first-order valence-corrected chi connectivity index (χ1v) is 10.5. The summed E-state index contributed by atoms with van der Waals surface area (Å²) in [6, 6.07) is 8.07. The molecule has 0 N–H and O–H groups in total. The SMILES string of the molecule is Cc1cc(C(=O)N2CCN(c3ccc4ncnc(OC5CCC5)c4c3)CC2)nn1C. The summed E-state index contributed by atoms with van der Waals surface area (Å²) in [4.78, 5) is 25.7. The highest BCUT2D eigenvalue weighted by Crippen LogP contribution is 2.31. The smallest absolute Gasteiger partial charge is 0.274 e. The van der Waals surface area contributed by atoms with Crippen molar-refractivity contribution in [3.8, 4) is 5.88 Å². The lowest BCUT2D eigenvalue weighted by molar-refractivity contribution is 0.0740. The van der Waals surface area contributed by atoms with Gasteiger partial charge in [-0.2, -0.15) is 5.10 Å². The van der Waals surface area contributed by atoms with Crippen LogP contribution < -0.4 is 9.64 Å². The van der Waals surface area contributed by atoms with Crippen molar-refractivity contribution in [2.24, 2.45) is 7.05 Å². The van der Waals surface area contributed by atoms with Gasteiger partial charge < -0.3 is 14.5 Å². The van der Waals surface area contributed by atoms with Gasteiger partial charge in [-0.05, 0) is 50.5 Å². The highest BCUT2D eigenvalue weighted by atomic mass is 16.5. The fourth-order valence-electron chi connectivity index (χ4n) is 3.95. The molecule has 0 atom stereocenters. The molecule has 3 aromatic rings. The molecule has 2 fully saturated rings. The third-order valence-corrected chi connectivity index (χ3v) is 6.18. The number of piperazine rings is 1. The third-order valence-electron chi connectivity index (χ3n) is 6.18. The number of amides is 1. The summed E-state index contributed by atoms with van der Waals surface area (Å²) in [6.45, 7) is 4.84. The first-order chi connectivity index (χ1) is 14.6. The Hall–Kier alpha value is -3.16. The molecule has 0 spiro atoms. The molecule has 0 bridgehead atoms. The monoisotopic (exact) mass is 406 g/mol. The maximum Gasteiger partial charge on any atom is 0.274 e. The fraction of sp³-hybridized carbons (Fsp3) is 0.455. The van der Waals surface area contributed by atoms with Gasteiger partial charge in [-0.15, -0.1) is 0 Å². The molecule has 3 heterocycles. The lowest BCUT2D eigenvalue weighted by Gasteiger charge is -2.36. The normalized spacial score (nSPS) is 17.3. The van der Waals surface area contributed by atoms with Crippen LogP contribution in [0.5, 0.6) is 5.88 Å². The number of benzene rings is 1. The van der Waals surface area contributed by atoms with Gasteiger partial charge in [0.05, 0.1) is 10.9 Å². The number of hydrogen-bond donors (Lipinski definition) is 0. The van der Waals surface area contributed by atoms with E-state index in [0.29, 0.717) is 24.7 Å². The van der Waals surface area contributed by atoms with Crippen molar-refractivity contribution in [1.82, 2.24) is 24.6 Å². The third kappa shape index (κ3) is 3.46. The van der Waals surface area contributed by atoms with Gasteiger partial charge in [0, 0.05) is 44.6 Å². The molecule has 1 amide bonds. The van der Waals surface area contributed by atoms with Crippen LogP contribution in [0.15, 0.2) is 30.6 Å². The molecule has 0 radical (unpaired) electrons. The standard InChI is InChI=1S/C22H26N6O2/c1-15-12-20(25-26(15)2)22(29)28-10-8-27(9-11-28)16-6-7-19-18(13-16)21(24-14-23-19)30-17-4-3-5-17/h6-7,12-14,17H,3-5,8-11H2,1-2H3. The van der Waals surface area contributed by atoms with E-state index < -0.39 is 0 Å². The van der Waals surface area contributed by atoms with Crippen LogP contribution in [0.25, 0.3) is 10.9 Å². The Morgan fingerprint density at radius 2 is 1.90 bits per heavy atom. The predicted molar refractivity (Wildman–Crippen MR) is 114 cm³/mol. The van der Waals surface area contributed by atoms with Crippen molar-refractivity contribution in [3.05, 3.63) is 42.0 Å². The number of aromatic nitrogens is 4. The maximum absolute atomic E-state index is 12.8. The van der Waals surface area contributed by atoms with Gasteiger partial charge in [-0.25, -0.2) is 9.97 Å². The topological polar surface area (TPSA) is 76.4 Å². The molecule has 5 rings (SSSR count). The lowest BCUT2D eigenvalue weighted by Crippen LogP contribution is -2.48. The summed E-state index contributed by atoms with van der Waals surface area (Å²) in [6.07, 6.45) is 5.25. The van der Waals surface area contributed by atoms with Crippen LogP contribution in [0.4, 0.5) is 5.69 Å². The van der Waals surface area contributed by atoms with E-state index in [9.17, 15) is 4.79 Å². The number of hydrogen-bond acceptors (Lipinski definition) is 6. The van der Waals surface area contributed by atoms with E-state index in [-0.39, 0.29) is 12.0 Å². The highest BCUT2D eigenvalue weighted by Gasteiger charge is 2.25. The number of carbonyl (C=O) groups is 1. The van der Waals surface area contributed by atoms with Crippen LogP contribution in [0.2, 0.25) is 0 Å². The van der Waals surface area contributed by atoms with E-state index in [4.69, 9.17) is 4.74 Å². The van der Waals surface area contributed by atoms with Gasteiger partial charge in [-0.3, -0.25) is 9.48 Å². The molecular formula is C22H26N6O2. The Morgan fingerprint density at radius 1 is 1.10 bits per heavy atom. The second kappa shape index (κ2) is 7.59. The summed E-state index contributed by atoms with van der Waals surface area (Å²) in [5.41, 5.74) is 3.50. The molecule has 1 aromatic carbocycles. The van der Waals surface area contributed by atoms with Crippen molar-refractivity contribution >= 4 is 22.5 Å². The molecule has 30 heavy (non-hydrogen) atoms. The summed E-state index contributed by atoms with van der Waals surface area (Å²) in [7, 11) is 1.86. The van der Waals surface area contributed by atoms with E-state index in [0.717, 1.165) is 48.2 Å². The van der Waals surface area contributed by atoms with E-state index in [1.807, 2.05) is 31.0 Å². The largest absolute Gasteiger partial charge is 0.474 e. The first kappa shape index (κ1) is 18.8. The van der Waals surface area contributed by atoms with Crippen LogP contribution in [-0.4, -0.2) is 62.8 Å². The summed E-state index contributed by atoms with van der Waals surface area (Å²) in [5, 5.41) is 5.27. The zero-order valence-corrected chi connectivity index (χ0v) is 17.4. The Kier molecular flexibility index (Phi) is 4.77. The summed E-state index contributed by atoms with van der Waals surface area (Å²) in [5.74, 6) is 0.673. The second-order valence-corrected chi connectivity index (χ2v) is 8.12. The Balaban J connectivity index is 1.30. The van der Waals surface area contributed by atoms with E-state index >= 15 is 0 Å². The molecule has 156 valence electrons. The van der Waals surface area contributed by atoms with Gasteiger partial charge in [0.15, 0.2) is 5.69 Å². The number of rotatable bonds is 4. The number of ether oxygens (including phenoxy) is 1. The molecular weight excluding hydrogens is 380 g/mol. The van der Waals surface area contributed by atoms with Crippen molar-refractivity contribution in [2.45, 2.75) is 32.3 Å². The minimum absolute atomic E-state index is 0.00134. The minimum Gasteiger partial charge on any atom is -0.474 e. The Morgan fingerprint density at radius 3 is 2.57 bits per heavy atom. The van der Waals surface area contributed by atoms with E-state index in [2.05, 4.69) is 32.1 Å². The molecule has 1 saturated carbocycles. The zero-order chi connectivity index (χ0) is 20.7. The molecule has 8 heteroatoms. The Labute approximate surface area is 175 Å².